The van der Waals surface area contributed by atoms with Gasteiger partial charge in [-0.2, -0.15) is 5.10 Å². The van der Waals surface area contributed by atoms with Crippen LogP contribution in [0.4, 0.5) is 5.69 Å². The van der Waals surface area contributed by atoms with Crippen LogP contribution in [0, 0.1) is 0 Å². The van der Waals surface area contributed by atoms with Crippen molar-refractivity contribution < 1.29 is 14.0 Å². The number of nitrogens with zero attached hydrogens (tertiary/aromatic N) is 3. The summed E-state index contributed by atoms with van der Waals surface area (Å²) < 4.78 is 7.36. The van der Waals surface area contributed by atoms with Crippen LogP contribution in [0.3, 0.4) is 0 Å². The van der Waals surface area contributed by atoms with Gasteiger partial charge in [-0.25, -0.2) is 4.79 Å². The molecule has 0 radical (unpaired) electrons. The number of hydrogen-bond acceptors (Lipinski definition) is 5. The van der Waals surface area contributed by atoms with Crippen molar-refractivity contribution in [1.82, 2.24) is 19.7 Å². The Kier molecular flexibility index (Phi) is 5.59. The van der Waals surface area contributed by atoms with Crippen LogP contribution in [0.15, 0.2) is 36.6 Å². The Bertz CT molecular complexity index is 1120. The number of benzene rings is 1. The van der Waals surface area contributed by atoms with Gasteiger partial charge in [0, 0.05) is 18.8 Å². The van der Waals surface area contributed by atoms with Crippen molar-refractivity contribution in [2.45, 2.75) is 25.8 Å². The van der Waals surface area contributed by atoms with Crippen LogP contribution in [0.25, 0.3) is 11.1 Å². The maximum Gasteiger partial charge on any atom is 0.420 e. The van der Waals surface area contributed by atoms with E-state index < -0.39 is 11.7 Å². The van der Waals surface area contributed by atoms with Gasteiger partial charge in [0.05, 0.1) is 5.52 Å². The minimum Gasteiger partial charge on any atom is -0.408 e. The Morgan fingerprint density at radius 1 is 1.21 bits per heavy atom. The van der Waals surface area contributed by atoms with Gasteiger partial charge in [0.1, 0.15) is 21.3 Å². The molecule has 1 saturated heterocycles. The normalized spacial score (nSPS) is 14.3. The third-order valence-corrected chi connectivity index (χ3v) is 5.98. The summed E-state index contributed by atoms with van der Waals surface area (Å²) in [5.74, 6) is -1.11. The van der Waals surface area contributed by atoms with Gasteiger partial charge >= 0.3 is 5.76 Å². The molecule has 1 aromatic carbocycles. The number of H-pyrrole nitrogens is 1. The molecule has 2 aromatic heterocycles. The van der Waals surface area contributed by atoms with E-state index >= 15 is 0 Å². The zero-order valence-electron chi connectivity index (χ0n) is 15.2. The van der Waals surface area contributed by atoms with Crippen LogP contribution >= 0.6 is 31.9 Å². The van der Waals surface area contributed by atoms with E-state index in [1.807, 2.05) is 0 Å². The number of fused-ring (bicyclic) bond motifs is 1. The molecule has 11 heteroatoms. The molecule has 152 valence electrons. The number of likely N-dealkylation sites (tertiary alicyclic amines) is 1. The second-order valence-corrected chi connectivity index (χ2v) is 8.28. The number of rotatable bonds is 4. The smallest absolute Gasteiger partial charge is 0.408 e. The van der Waals surface area contributed by atoms with E-state index in [4.69, 9.17) is 4.42 Å². The monoisotopic (exact) mass is 525 g/mol. The lowest BCUT2D eigenvalue weighted by atomic mass is 10.1. The van der Waals surface area contributed by atoms with Gasteiger partial charge in [0.25, 0.3) is 5.91 Å². The van der Waals surface area contributed by atoms with Gasteiger partial charge in [-0.3, -0.25) is 19.3 Å². The third kappa shape index (κ3) is 4.01. The summed E-state index contributed by atoms with van der Waals surface area (Å²) in [5, 5.41) is 9.32. The first-order valence-electron chi connectivity index (χ1n) is 9.06. The molecule has 0 spiro atoms. The molecule has 0 atom stereocenters. The number of piperidine rings is 1. The molecule has 0 aliphatic carbocycles. The van der Waals surface area contributed by atoms with Crippen molar-refractivity contribution >= 4 is 60.5 Å². The van der Waals surface area contributed by atoms with Crippen LogP contribution in [-0.2, 0) is 11.3 Å². The van der Waals surface area contributed by atoms with Crippen LogP contribution in [0.2, 0.25) is 0 Å². The molecule has 0 saturated carbocycles. The van der Waals surface area contributed by atoms with E-state index in [0.717, 1.165) is 19.3 Å². The highest BCUT2D eigenvalue weighted by molar-refractivity contribution is 9.11. The summed E-state index contributed by atoms with van der Waals surface area (Å²) in [4.78, 5) is 39.2. The molecular weight excluding hydrogens is 510 g/mol. The number of nitrogens with one attached hydrogen (secondary N) is 2. The zero-order chi connectivity index (χ0) is 20.5. The fourth-order valence-electron chi connectivity index (χ4n) is 3.36. The van der Waals surface area contributed by atoms with Crippen molar-refractivity contribution in [3.63, 3.8) is 0 Å². The molecule has 3 aromatic rings. The Morgan fingerprint density at radius 2 is 1.97 bits per heavy atom. The topological polar surface area (TPSA) is 113 Å². The third-order valence-electron chi connectivity index (χ3n) is 4.83. The first-order valence-corrected chi connectivity index (χ1v) is 10.6. The fraction of sp³-hybridized carbons (Fsp3) is 0.333. The van der Waals surface area contributed by atoms with Crippen LogP contribution < -0.4 is 11.1 Å². The van der Waals surface area contributed by atoms with Gasteiger partial charge in [0.15, 0.2) is 5.58 Å². The highest BCUT2D eigenvalue weighted by atomic mass is 79.9. The molecule has 2 N–H and O–H groups in total. The summed E-state index contributed by atoms with van der Waals surface area (Å²) in [6.07, 6.45) is 3.06. The van der Waals surface area contributed by atoms with Crippen molar-refractivity contribution in [2.75, 3.05) is 18.4 Å². The molecule has 29 heavy (non-hydrogen) atoms. The Labute approximate surface area is 181 Å². The lowest BCUT2D eigenvalue weighted by Crippen LogP contribution is -2.39. The largest absolute Gasteiger partial charge is 0.420 e. The molecular formula is C18H17Br2N5O4. The molecule has 9 nitrogen and oxygen atoms in total. The average molecular weight is 527 g/mol. The van der Waals surface area contributed by atoms with E-state index in [0.29, 0.717) is 44.6 Å². The molecule has 0 unspecified atom stereocenters. The maximum absolute atomic E-state index is 12.6. The van der Waals surface area contributed by atoms with Crippen LogP contribution in [0.1, 0.15) is 29.6 Å². The summed E-state index contributed by atoms with van der Waals surface area (Å²) >= 11 is 6.45. The van der Waals surface area contributed by atoms with Gasteiger partial charge in [-0.1, -0.05) is 0 Å². The van der Waals surface area contributed by atoms with Gasteiger partial charge in [-0.15, -0.1) is 0 Å². The van der Waals surface area contributed by atoms with Crippen molar-refractivity contribution in [2.24, 2.45) is 0 Å². The molecule has 1 aliphatic rings. The number of halogens is 2. The summed E-state index contributed by atoms with van der Waals surface area (Å²) in [7, 11) is 0. The molecule has 1 aliphatic heterocycles. The minimum absolute atomic E-state index is 0.0952. The lowest BCUT2D eigenvalue weighted by Gasteiger charge is -2.26. The Balaban J connectivity index is 1.60. The highest BCUT2D eigenvalue weighted by Crippen LogP contribution is 2.25. The highest BCUT2D eigenvalue weighted by Gasteiger charge is 2.21. The number of aromatic nitrogens is 3. The SMILES string of the molecule is O=C(Nc1ccc2oc(=O)n(CC(=O)N3CCCCC3)c2c1)c1c(Br)n[nH]c1Br. The maximum atomic E-state index is 12.6. The van der Waals surface area contributed by atoms with Crippen LogP contribution in [-0.4, -0.2) is 44.6 Å². The fourth-order valence-corrected chi connectivity index (χ4v) is 4.55. The summed E-state index contributed by atoms with van der Waals surface area (Å²) in [6.45, 7) is 1.32. The second kappa shape index (κ2) is 8.15. The number of amides is 2. The summed E-state index contributed by atoms with van der Waals surface area (Å²) in [5.41, 5.74) is 1.58. The predicted molar refractivity (Wildman–Crippen MR) is 113 cm³/mol. The Hall–Kier alpha value is -2.40. The standard InChI is InChI=1S/C18H17Br2N5O4/c19-15-14(16(20)23-22-15)17(27)21-10-4-5-12-11(8-10)25(18(28)29-12)9-13(26)24-6-2-1-3-7-24/h4-5,8H,1-3,6-7,9H2,(H,21,27)(H,22,23). The number of carbonyl (C=O) groups excluding carboxylic acids is 2. The van der Waals surface area contributed by atoms with Gasteiger partial charge in [-0.05, 0) is 69.3 Å². The van der Waals surface area contributed by atoms with E-state index in [1.165, 1.54) is 4.57 Å². The van der Waals surface area contributed by atoms with Crippen molar-refractivity contribution in [3.05, 3.63) is 43.5 Å². The molecule has 1 fully saturated rings. The number of anilines is 1. The number of hydrogen-bond donors (Lipinski definition) is 2. The molecule has 3 heterocycles. The molecule has 0 bridgehead atoms. The first-order chi connectivity index (χ1) is 13.9. The van der Waals surface area contributed by atoms with E-state index in [2.05, 4.69) is 47.4 Å². The minimum atomic E-state index is -0.603. The van der Waals surface area contributed by atoms with Gasteiger partial charge < -0.3 is 14.6 Å². The molecule has 4 rings (SSSR count). The molecule has 2 amide bonds. The number of oxazole rings is 1. The zero-order valence-corrected chi connectivity index (χ0v) is 18.4. The van der Waals surface area contributed by atoms with Crippen LogP contribution in [0.5, 0.6) is 0 Å². The number of aromatic amines is 1. The summed E-state index contributed by atoms with van der Waals surface area (Å²) in [6, 6.07) is 4.83. The quantitative estimate of drug-likeness (QED) is 0.542. The Morgan fingerprint density at radius 3 is 2.66 bits per heavy atom. The predicted octanol–water partition coefficient (Wildman–Crippen LogP) is 3.11. The van der Waals surface area contributed by atoms with Crippen molar-refractivity contribution in [1.29, 1.82) is 0 Å². The van der Waals surface area contributed by atoms with E-state index in [9.17, 15) is 14.4 Å². The van der Waals surface area contributed by atoms with E-state index in [1.54, 1.807) is 23.1 Å². The first kappa shape index (κ1) is 19.9. The van der Waals surface area contributed by atoms with E-state index in [-0.39, 0.29) is 12.5 Å². The average Bonchev–Trinajstić information content (AvgIpc) is 3.21. The lowest BCUT2D eigenvalue weighted by molar-refractivity contribution is -0.132. The number of carbonyl (C=O) groups is 2. The van der Waals surface area contributed by atoms with Crippen molar-refractivity contribution in [3.8, 4) is 0 Å². The van der Waals surface area contributed by atoms with Gasteiger partial charge in [0.2, 0.25) is 5.91 Å². The second-order valence-electron chi connectivity index (χ2n) is 6.74.